The van der Waals surface area contributed by atoms with E-state index in [9.17, 15) is 4.79 Å². The van der Waals surface area contributed by atoms with Crippen molar-refractivity contribution in [2.24, 2.45) is 10.7 Å². The lowest BCUT2D eigenvalue weighted by molar-refractivity contribution is 0.102. The van der Waals surface area contributed by atoms with E-state index in [1.807, 2.05) is 26.0 Å². The summed E-state index contributed by atoms with van der Waals surface area (Å²) < 4.78 is 0. The van der Waals surface area contributed by atoms with Gasteiger partial charge < -0.3 is 11.1 Å². The molecule has 0 aromatic carbocycles. The van der Waals surface area contributed by atoms with Gasteiger partial charge in [0.15, 0.2) is 5.17 Å². The zero-order chi connectivity index (χ0) is 18.0. The first kappa shape index (κ1) is 17.4. The number of hydrogen-bond donors (Lipinski definition) is 2. The number of amidine groups is 1. The average molecular weight is 355 g/mol. The Labute approximate surface area is 151 Å². The molecule has 1 aliphatic heterocycles. The van der Waals surface area contributed by atoms with Crippen LogP contribution in [0.3, 0.4) is 0 Å². The average Bonchev–Trinajstić information content (AvgIpc) is 2.54. The van der Waals surface area contributed by atoms with Gasteiger partial charge in [-0.3, -0.25) is 14.8 Å². The summed E-state index contributed by atoms with van der Waals surface area (Å²) in [6, 6.07) is 7.22. The molecule has 0 aliphatic carbocycles. The van der Waals surface area contributed by atoms with Crippen LogP contribution in [0.4, 0.5) is 5.69 Å². The van der Waals surface area contributed by atoms with Gasteiger partial charge in [-0.1, -0.05) is 18.7 Å². The minimum atomic E-state index is -0.489. The second-order valence-electron chi connectivity index (χ2n) is 6.46. The van der Waals surface area contributed by atoms with Crippen molar-refractivity contribution in [1.29, 1.82) is 0 Å². The van der Waals surface area contributed by atoms with Gasteiger partial charge in [-0.2, -0.15) is 0 Å². The van der Waals surface area contributed by atoms with Crippen molar-refractivity contribution in [2.45, 2.75) is 38.0 Å². The Hall–Kier alpha value is -2.41. The molecule has 0 unspecified atom stereocenters. The lowest BCUT2D eigenvalue weighted by atomic mass is 9.91. The Bertz CT molecular complexity index is 838. The van der Waals surface area contributed by atoms with Gasteiger partial charge in [-0.25, -0.2) is 4.99 Å². The fourth-order valence-electron chi connectivity index (χ4n) is 2.94. The third-order valence-electron chi connectivity index (χ3n) is 4.08. The van der Waals surface area contributed by atoms with Crippen LogP contribution in [0, 0.1) is 6.92 Å². The topological polar surface area (TPSA) is 93.3 Å². The van der Waals surface area contributed by atoms with E-state index in [4.69, 9.17) is 5.73 Å². The number of rotatable bonds is 3. The summed E-state index contributed by atoms with van der Waals surface area (Å²) in [5.74, 6) is -0.249. The Kier molecular flexibility index (Phi) is 4.76. The van der Waals surface area contributed by atoms with Crippen molar-refractivity contribution in [2.75, 3.05) is 5.32 Å². The molecule has 0 saturated heterocycles. The maximum absolute atomic E-state index is 12.4. The summed E-state index contributed by atoms with van der Waals surface area (Å²) in [4.78, 5) is 25.6. The van der Waals surface area contributed by atoms with Crippen molar-refractivity contribution in [3.63, 3.8) is 0 Å². The number of nitrogens with one attached hydrogen (secondary N) is 1. The lowest BCUT2D eigenvalue weighted by Crippen LogP contribution is -2.33. The Morgan fingerprint density at radius 1 is 1.32 bits per heavy atom. The van der Waals surface area contributed by atoms with Crippen molar-refractivity contribution < 1.29 is 4.79 Å². The van der Waals surface area contributed by atoms with Gasteiger partial charge in [0.25, 0.3) is 5.91 Å². The van der Waals surface area contributed by atoms with Crippen LogP contribution in [0.25, 0.3) is 0 Å². The summed E-state index contributed by atoms with van der Waals surface area (Å²) >= 11 is 1.57. The highest BCUT2D eigenvalue weighted by atomic mass is 32.2. The maximum Gasteiger partial charge on any atom is 0.274 e. The summed E-state index contributed by atoms with van der Waals surface area (Å²) in [7, 11) is 0. The molecule has 3 N–H and O–H groups in total. The summed E-state index contributed by atoms with van der Waals surface area (Å²) in [6.45, 7) is 6.07. The van der Waals surface area contributed by atoms with Crippen LogP contribution in [0.2, 0.25) is 0 Å². The van der Waals surface area contributed by atoms with Gasteiger partial charge in [-0.15, -0.1) is 0 Å². The number of hydrogen-bond acceptors (Lipinski definition) is 6. The number of thioether (sulfide) groups is 1. The largest absolute Gasteiger partial charge is 0.379 e. The zero-order valence-corrected chi connectivity index (χ0v) is 15.3. The predicted octanol–water partition coefficient (Wildman–Crippen LogP) is 3.09. The summed E-state index contributed by atoms with van der Waals surface area (Å²) in [5.41, 5.74) is 8.29. The molecule has 3 heterocycles. The molecule has 0 spiro atoms. The number of aliphatic imine (C=N–C) groups is 1. The van der Waals surface area contributed by atoms with Crippen LogP contribution in [0.1, 0.15) is 42.0 Å². The number of pyridine rings is 2. The molecule has 7 heteroatoms. The molecule has 1 aliphatic rings. The van der Waals surface area contributed by atoms with Crippen LogP contribution in [0.5, 0.6) is 0 Å². The summed E-state index contributed by atoms with van der Waals surface area (Å²) in [5, 5.41) is 3.81. The SMILES string of the molecule is Cc1ccnc(C(=O)Nc2ccnc([C@]3(C)C[C@@H](C)SC(N)=N3)c2)c1. The van der Waals surface area contributed by atoms with Crippen LogP contribution in [0.15, 0.2) is 41.7 Å². The lowest BCUT2D eigenvalue weighted by Gasteiger charge is -2.32. The van der Waals surface area contributed by atoms with E-state index in [-0.39, 0.29) is 5.91 Å². The van der Waals surface area contributed by atoms with Crippen molar-refractivity contribution in [3.8, 4) is 0 Å². The predicted molar refractivity (Wildman–Crippen MR) is 102 cm³/mol. The van der Waals surface area contributed by atoms with Crippen LogP contribution >= 0.6 is 11.8 Å². The molecule has 6 nitrogen and oxygen atoms in total. The van der Waals surface area contributed by atoms with E-state index in [0.29, 0.717) is 21.8 Å². The Morgan fingerprint density at radius 2 is 2.08 bits per heavy atom. The van der Waals surface area contributed by atoms with E-state index in [1.165, 1.54) is 0 Å². The molecule has 2 atom stereocenters. The molecular formula is C18H21N5OS. The molecule has 0 bridgehead atoms. The number of amides is 1. The van der Waals surface area contributed by atoms with Gasteiger partial charge >= 0.3 is 0 Å². The molecule has 3 rings (SSSR count). The second kappa shape index (κ2) is 6.84. The van der Waals surface area contributed by atoms with E-state index < -0.39 is 5.54 Å². The standard InChI is InChI=1S/C18H21N5OS/c1-11-4-6-20-14(8-11)16(24)22-13-5-7-21-15(9-13)18(3)10-12(2)25-17(19)23-18/h4-9,12H,10H2,1-3H3,(H2,19,23)(H,21,22,24)/t12-,18+/m1/s1. The van der Waals surface area contributed by atoms with Crippen molar-refractivity contribution in [1.82, 2.24) is 9.97 Å². The van der Waals surface area contributed by atoms with Gasteiger partial charge in [-0.05, 0) is 50.1 Å². The van der Waals surface area contributed by atoms with Gasteiger partial charge in [0.05, 0.1) is 5.69 Å². The molecule has 1 amide bonds. The quantitative estimate of drug-likeness (QED) is 0.882. The van der Waals surface area contributed by atoms with Crippen molar-refractivity contribution >= 4 is 28.5 Å². The molecule has 25 heavy (non-hydrogen) atoms. The maximum atomic E-state index is 12.4. The van der Waals surface area contributed by atoms with Crippen molar-refractivity contribution in [3.05, 3.63) is 53.6 Å². The number of nitrogens with zero attached hydrogens (tertiary/aromatic N) is 3. The molecular weight excluding hydrogens is 334 g/mol. The summed E-state index contributed by atoms with van der Waals surface area (Å²) in [6.07, 6.45) is 4.14. The highest BCUT2D eigenvalue weighted by Crippen LogP contribution is 2.38. The second-order valence-corrected chi connectivity index (χ2v) is 7.92. The Morgan fingerprint density at radius 3 is 2.80 bits per heavy atom. The minimum absolute atomic E-state index is 0.249. The van der Waals surface area contributed by atoms with Gasteiger partial charge in [0, 0.05) is 23.3 Å². The zero-order valence-electron chi connectivity index (χ0n) is 14.5. The third-order valence-corrected chi connectivity index (χ3v) is 4.98. The first-order valence-corrected chi connectivity index (χ1v) is 8.96. The van der Waals surface area contributed by atoms with E-state index in [2.05, 4.69) is 27.2 Å². The van der Waals surface area contributed by atoms with Gasteiger partial charge in [0.1, 0.15) is 11.2 Å². The van der Waals surface area contributed by atoms with Crippen LogP contribution < -0.4 is 11.1 Å². The number of nitrogens with two attached hydrogens (primary N) is 1. The first-order chi connectivity index (χ1) is 11.9. The minimum Gasteiger partial charge on any atom is -0.379 e. The Balaban J connectivity index is 1.85. The number of aromatic nitrogens is 2. The number of carbonyl (C=O) groups excluding carboxylic acids is 1. The molecule has 2 aromatic heterocycles. The van der Waals surface area contributed by atoms with E-state index in [1.54, 1.807) is 36.3 Å². The molecule has 0 saturated carbocycles. The normalized spacial score (nSPS) is 23.0. The number of anilines is 1. The van der Waals surface area contributed by atoms with E-state index in [0.717, 1.165) is 17.7 Å². The number of aryl methyl sites for hydroxylation is 1. The highest BCUT2D eigenvalue weighted by Gasteiger charge is 2.34. The third kappa shape index (κ3) is 3.99. The van der Waals surface area contributed by atoms with Crippen LogP contribution in [-0.2, 0) is 5.54 Å². The number of carbonyl (C=O) groups is 1. The molecule has 130 valence electrons. The molecule has 0 fully saturated rings. The van der Waals surface area contributed by atoms with E-state index >= 15 is 0 Å². The monoisotopic (exact) mass is 355 g/mol. The fraction of sp³-hybridized carbons (Fsp3) is 0.333. The molecule has 0 radical (unpaired) electrons. The van der Waals surface area contributed by atoms with Gasteiger partial charge in [0.2, 0.25) is 0 Å². The fourth-order valence-corrected chi connectivity index (χ4v) is 4.02. The molecule has 2 aromatic rings. The smallest absolute Gasteiger partial charge is 0.274 e. The van der Waals surface area contributed by atoms with Crippen LogP contribution in [-0.4, -0.2) is 26.3 Å². The highest BCUT2D eigenvalue weighted by molar-refractivity contribution is 8.14. The first-order valence-electron chi connectivity index (χ1n) is 8.08.